The van der Waals surface area contributed by atoms with E-state index in [-0.39, 0.29) is 5.75 Å². The Morgan fingerprint density at radius 3 is 2.50 bits per heavy atom. The van der Waals surface area contributed by atoms with Crippen LogP contribution in [0.15, 0.2) is 6.07 Å². The molecule has 0 spiro atoms. The van der Waals surface area contributed by atoms with Gasteiger partial charge in [-0.2, -0.15) is 0 Å². The van der Waals surface area contributed by atoms with Crippen LogP contribution in [0.4, 0.5) is 0 Å². The van der Waals surface area contributed by atoms with Crippen LogP contribution in [-0.4, -0.2) is 25.3 Å². The maximum absolute atomic E-state index is 10.7. The van der Waals surface area contributed by atoms with Crippen molar-refractivity contribution in [3.8, 4) is 0 Å². The fourth-order valence-electron chi connectivity index (χ4n) is 1.55. The summed E-state index contributed by atoms with van der Waals surface area (Å²) in [6.45, 7) is 5.14. The number of nitrogens with two attached hydrogens (primary N) is 1. The van der Waals surface area contributed by atoms with Crippen molar-refractivity contribution in [2.45, 2.75) is 20.4 Å². The second-order valence-corrected chi connectivity index (χ2v) is 5.73. The van der Waals surface area contributed by atoms with E-state index in [0.717, 1.165) is 0 Å². The molecule has 0 radical (unpaired) electrons. The zero-order valence-corrected chi connectivity index (χ0v) is 10.8. The van der Waals surface area contributed by atoms with Crippen molar-refractivity contribution in [2.24, 2.45) is 12.2 Å². The molecule has 3 N–H and O–H groups in total. The lowest BCUT2D eigenvalue weighted by molar-refractivity contribution is 0.592. The summed E-state index contributed by atoms with van der Waals surface area (Å²) >= 11 is 0. The number of aryl methyl sites for hydroxylation is 1. The molecule has 1 heterocycles. The van der Waals surface area contributed by atoms with E-state index in [4.69, 9.17) is 5.14 Å². The number of hydrogen-bond donors (Lipinski definition) is 2. The third kappa shape index (κ3) is 3.62. The number of aromatic nitrogens is 1. The number of rotatable bonds is 5. The van der Waals surface area contributed by atoms with Gasteiger partial charge in [-0.3, -0.25) is 0 Å². The van der Waals surface area contributed by atoms with Crippen LogP contribution in [0.3, 0.4) is 0 Å². The van der Waals surface area contributed by atoms with Crippen molar-refractivity contribution >= 4 is 10.0 Å². The average molecular weight is 245 g/mol. The highest BCUT2D eigenvalue weighted by molar-refractivity contribution is 7.89. The summed E-state index contributed by atoms with van der Waals surface area (Å²) in [5.41, 5.74) is 3.58. The summed E-state index contributed by atoms with van der Waals surface area (Å²) in [5.74, 6) is -0.0299. The van der Waals surface area contributed by atoms with Crippen molar-refractivity contribution < 1.29 is 8.42 Å². The van der Waals surface area contributed by atoms with E-state index in [1.54, 1.807) is 0 Å². The van der Waals surface area contributed by atoms with E-state index in [1.807, 2.05) is 20.9 Å². The van der Waals surface area contributed by atoms with Gasteiger partial charge in [-0.05, 0) is 25.5 Å². The number of nitrogens with zero attached hydrogens (tertiary/aromatic N) is 1. The first kappa shape index (κ1) is 13.2. The van der Waals surface area contributed by atoms with Gasteiger partial charge < -0.3 is 9.88 Å². The fraction of sp³-hybridized carbons (Fsp3) is 0.600. The van der Waals surface area contributed by atoms with E-state index >= 15 is 0 Å². The molecule has 1 aromatic rings. The Balaban J connectivity index is 2.47. The molecule has 0 fully saturated rings. The van der Waals surface area contributed by atoms with Crippen LogP contribution in [0, 0.1) is 13.8 Å². The van der Waals surface area contributed by atoms with E-state index in [9.17, 15) is 8.42 Å². The lowest BCUT2D eigenvalue weighted by atomic mass is 10.2. The smallest absolute Gasteiger partial charge is 0.210 e. The van der Waals surface area contributed by atoms with Gasteiger partial charge in [-0.15, -0.1) is 0 Å². The zero-order chi connectivity index (χ0) is 12.3. The Hall–Kier alpha value is -0.850. The van der Waals surface area contributed by atoms with E-state index in [0.29, 0.717) is 13.1 Å². The second kappa shape index (κ2) is 4.99. The van der Waals surface area contributed by atoms with E-state index in [1.165, 1.54) is 17.0 Å². The van der Waals surface area contributed by atoms with Gasteiger partial charge in [0.2, 0.25) is 10.0 Å². The Morgan fingerprint density at radius 2 is 2.06 bits per heavy atom. The van der Waals surface area contributed by atoms with Crippen LogP contribution in [0.1, 0.15) is 17.0 Å². The first-order valence-electron chi connectivity index (χ1n) is 5.14. The molecule has 0 unspecified atom stereocenters. The Morgan fingerprint density at radius 1 is 1.44 bits per heavy atom. The summed E-state index contributed by atoms with van der Waals surface area (Å²) < 4.78 is 23.5. The lowest BCUT2D eigenvalue weighted by Gasteiger charge is -2.04. The van der Waals surface area contributed by atoms with Crippen LogP contribution in [-0.2, 0) is 23.6 Å². The maximum atomic E-state index is 10.7. The van der Waals surface area contributed by atoms with Gasteiger partial charge in [0.05, 0.1) is 5.75 Å². The molecular weight excluding hydrogens is 226 g/mol. The van der Waals surface area contributed by atoms with Gasteiger partial charge in [0.25, 0.3) is 0 Å². The fourth-order valence-corrected chi connectivity index (χ4v) is 1.98. The predicted molar refractivity (Wildman–Crippen MR) is 64.6 cm³/mol. The van der Waals surface area contributed by atoms with Crippen molar-refractivity contribution in [3.63, 3.8) is 0 Å². The molecule has 0 aromatic carbocycles. The number of hydrogen-bond acceptors (Lipinski definition) is 3. The Bertz CT molecular complexity index is 463. The SMILES string of the molecule is Cc1cc(CNCCS(N)(=O)=O)c(C)n1C. The molecule has 5 nitrogen and oxygen atoms in total. The molecule has 1 aromatic heterocycles. The molecular formula is C10H19N3O2S. The minimum absolute atomic E-state index is 0.0299. The Labute approximate surface area is 96.7 Å². The monoisotopic (exact) mass is 245 g/mol. The number of primary sulfonamides is 1. The molecule has 0 saturated heterocycles. The van der Waals surface area contributed by atoms with E-state index < -0.39 is 10.0 Å². The minimum atomic E-state index is -3.36. The maximum Gasteiger partial charge on any atom is 0.210 e. The summed E-state index contributed by atoms with van der Waals surface area (Å²) in [7, 11) is -1.35. The summed E-state index contributed by atoms with van der Waals surface area (Å²) in [6.07, 6.45) is 0. The topological polar surface area (TPSA) is 77.1 Å². The van der Waals surface area contributed by atoms with Gasteiger partial charge in [0.15, 0.2) is 0 Å². The summed E-state index contributed by atoms with van der Waals surface area (Å²) in [5, 5.41) is 7.97. The van der Waals surface area contributed by atoms with Crippen LogP contribution in [0.5, 0.6) is 0 Å². The minimum Gasteiger partial charge on any atom is -0.352 e. The van der Waals surface area contributed by atoms with Gasteiger partial charge >= 0.3 is 0 Å². The summed E-state index contributed by atoms with van der Waals surface area (Å²) in [6, 6.07) is 2.10. The van der Waals surface area contributed by atoms with E-state index in [2.05, 4.69) is 16.0 Å². The first-order chi connectivity index (χ1) is 7.31. The van der Waals surface area contributed by atoms with Gasteiger partial charge in [0, 0.05) is 31.5 Å². The van der Waals surface area contributed by atoms with Crippen LogP contribution >= 0.6 is 0 Å². The zero-order valence-electron chi connectivity index (χ0n) is 9.95. The molecule has 92 valence electrons. The van der Waals surface area contributed by atoms with Crippen LogP contribution < -0.4 is 10.5 Å². The molecule has 0 aliphatic rings. The van der Waals surface area contributed by atoms with Crippen molar-refractivity contribution in [3.05, 3.63) is 23.0 Å². The molecule has 0 bridgehead atoms. The van der Waals surface area contributed by atoms with Crippen molar-refractivity contribution in [2.75, 3.05) is 12.3 Å². The van der Waals surface area contributed by atoms with Gasteiger partial charge in [0.1, 0.15) is 0 Å². The summed E-state index contributed by atoms with van der Waals surface area (Å²) in [4.78, 5) is 0. The molecule has 0 atom stereocenters. The number of nitrogens with one attached hydrogen (secondary N) is 1. The molecule has 16 heavy (non-hydrogen) atoms. The molecule has 0 aliphatic carbocycles. The standard InChI is InChI=1S/C10H19N3O2S/c1-8-6-10(9(2)13(8)3)7-12-4-5-16(11,14)15/h6,12H,4-5,7H2,1-3H3,(H2,11,14,15). The third-order valence-corrected chi connectivity index (χ3v) is 3.53. The highest BCUT2D eigenvalue weighted by atomic mass is 32.2. The van der Waals surface area contributed by atoms with Gasteiger partial charge in [-0.1, -0.05) is 0 Å². The average Bonchev–Trinajstić information content (AvgIpc) is 2.40. The molecule has 0 amide bonds. The molecule has 6 heteroatoms. The first-order valence-corrected chi connectivity index (χ1v) is 6.86. The molecule has 0 aliphatic heterocycles. The number of sulfonamides is 1. The van der Waals surface area contributed by atoms with Crippen molar-refractivity contribution in [1.82, 2.24) is 9.88 Å². The van der Waals surface area contributed by atoms with Crippen molar-refractivity contribution in [1.29, 1.82) is 0 Å². The Kier molecular flexibility index (Phi) is 4.12. The highest BCUT2D eigenvalue weighted by Gasteiger charge is 2.06. The highest BCUT2D eigenvalue weighted by Crippen LogP contribution is 2.12. The largest absolute Gasteiger partial charge is 0.352 e. The molecule has 0 saturated carbocycles. The molecule has 1 rings (SSSR count). The van der Waals surface area contributed by atoms with Gasteiger partial charge in [-0.25, -0.2) is 13.6 Å². The lowest BCUT2D eigenvalue weighted by Crippen LogP contribution is -2.26. The quantitative estimate of drug-likeness (QED) is 0.718. The normalized spacial score (nSPS) is 12.0. The third-order valence-electron chi connectivity index (χ3n) is 2.76. The second-order valence-electron chi connectivity index (χ2n) is 4.00. The van der Waals surface area contributed by atoms with Crippen LogP contribution in [0.2, 0.25) is 0 Å². The predicted octanol–water partition coefficient (Wildman–Crippen LogP) is 0.0200. The van der Waals surface area contributed by atoms with Crippen LogP contribution in [0.25, 0.3) is 0 Å².